The molecular weight excluding hydrogens is 419 g/mol. The molecule has 1 aromatic carbocycles. The molecule has 7 heteroatoms. The number of rotatable bonds is 5. The first kappa shape index (κ1) is 23.6. The molecule has 33 heavy (non-hydrogen) atoms. The van der Waals surface area contributed by atoms with E-state index >= 15 is 0 Å². The van der Waals surface area contributed by atoms with Crippen LogP contribution < -0.4 is 9.80 Å². The number of nitrogens with zero attached hydrogens (tertiary/aromatic N) is 4. The highest BCUT2D eigenvalue weighted by atomic mass is 19.1. The summed E-state index contributed by atoms with van der Waals surface area (Å²) in [7, 11) is 0. The molecule has 0 atom stereocenters. The number of ether oxygens (including phenoxy) is 1. The van der Waals surface area contributed by atoms with Crippen molar-refractivity contribution in [2.24, 2.45) is 5.41 Å². The Morgan fingerprint density at radius 1 is 1.06 bits per heavy atom. The first-order valence-electron chi connectivity index (χ1n) is 11.9. The second kappa shape index (κ2) is 10.2. The quantitative estimate of drug-likeness (QED) is 0.681. The van der Waals surface area contributed by atoms with Gasteiger partial charge in [0.15, 0.2) is 0 Å². The zero-order valence-electron chi connectivity index (χ0n) is 20.0. The second-order valence-corrected chi connectivity index (χ2v) is 10.0. The fourth-order valence-corrected chi connectivity index (χ4v) is 4.59. The molecule has 4 rings (SSSR count). The van der Waals surface area contributed by atoms with Gasteiger partial charge < -0.3 is 14.5 Å². The maximum atomic E-state index is 13.4. The smallest absolute Gasteiger partial charge is 0.232 e. The fourth-order valence-electron chi connectivity index (χ4n) is 4.59. The predicted octanol–water partition coefficient (Wildman–Crippen LogP) is 4.10. The summed E-state index contributed by atoms with van der Waals surface area (Å²) in [4.78, 5) is 24.5. The van der Waals surface area contributed by atoms with Crippen molar-refractivity contribution in [3.8, 4) is 0 Å². The van der Waals surface area contributed by atoms with Crippen molar-refractivity contribution < 1.29 is 13.9 Å². The minimum Gasteiger partial charge on any atom is -0.379 e. The summed E-state index contributed by atoms with van der Waals surface area (Å²) in [5.74, 6) is 0.656. The van der Waals surface area contributed by atoms with E-state index in [1.54, 1.807) is 17.0 Å². The Hall–Kier alpha value is -2.51. The number of amides is 1. The van der Waals surface area contributed by atoms with Crippen molar-refractivity contribution in [3.05, 3.63) is 54.0 Å². The number of carbonyl (C=O) groups is 1. The minimum absolute atomic E-state index is 0.0108. The second-order valence-electron chi connectivity index (χ2n) is 10.0. The molecule has 0 radical (unpaired) electrons. The van der Waals surface area contributed by atoms with Gasteiger partial charge >= 0.3 is 0 Å². The van der Waals surface area contributed by atoms with E-state index < -0.39 is 5.41 Å². The topological polar surface area (TPSA) is 48.9 Å². The summed E-state index contributed by atoms with van der Waals surface area (Å²) >= 11 is 0. The standard InChI is InChI=1S/C26H35FN4O2/c1-26(2,3)25(32)31(23-7-5-21(27)6-8-23)19-20-4-9-24(28-18-20)30-12-10-22(11-13-30)29-14-16-33-17-15-29/h4-9,18,22H,10-17,19H2,1-3H3. The average Bonchev–Trinajstić information content (AvgIpc) is 2.83. The zero-order valence-corrected chi connectivity index (χ0v) is 20.0. The van der Waals surface area contributed by atoms with E-state index in [0.29, 0.717) is 18.3 Å². The van der Waals surface area contributed by atoms with Crippen molar-refractivity contribution in [2.75, 3.05) is 49.2 Å². The van der Waals surface area contributed by atoms with E-state index in [2.05, 4.69) is 15.9 Å². The minimum atomic E-state index is -0.549. The summed E-state index contributed by atoms with van der Waals surface area (Å²) < 4.78 is 18.9. The van der Waals surface area contributed by atoms with E-state index in [4.69, 9.17) is 9.72 Å². The number of anilines is 2. The van der Waals surface area contributed by atoms with Crippen LogP contribution in [-0.2, 0) is 16.1 Å². The van der Waals surface area contributed by atoms with E-state index in [-0.39, 0.29) is 11.7 Å². The summed E-state index contributed by atoms with van der Waals surface area (Å²) in [6.07, 6.45) is 4.14. The third kappa shape index (κ3) is 5.89. The Morgan fingerprint density at radius 3 is 2.30 bits per heavy atom. The number of hydrogen-bond acceptors (Lipinski definition) is 5. The first-order valence-corrected chi connectivity index (χ1v) is 11.9. The van der Waals surface area contributed by atoms with Crippen LogP contribution in [0.5, 0.6) is 0 Å². The molecule has 2 aliphatic rings. The van der Waals surface area contributed by atoms with Gasteiger partial charge in [0.05, 0.1) is 19.8 Å². The van der Waals surface area contributed by atoms with Gasteiger partial charge in [-0.05, 0) is 48.7 Å². The van der Waals surface area contributed by atoms with E-state index in [9.17, 15) is 9.18 Å². The lowest BCUT2D eigenvalue weighted by Crippen LogP contribution is -2.49. The van der Waals surface area contributed by atoms with Gasteiger partial charge in [0.1, 0.15) is 11.6 Å². The highest BCUT2D eigenvalue weighted by Crippen LogP contribution is 2.27. The van der Waals surface area contributed by atoms with Crippen LogP contribution in [0.1, 0.15) is 39.2 Å². The van der Waals surface area contributed by atoms with E-state index in [1.807, 2.05) is 33.0 Å². The van der Waals surface area contributed by atoms with Crippen LogP contribution in [0.25, 0.3) is 0 Å². The molecule has 2 saturated heterocycles. The maximum Gasteiger partial charge on any atom is 0.232 e. The normalized spacial score (nSPS) is 18.4. The van der Waals surface area contributed by atoms with Crippen molar-refractivity contribution in [1.29, 1.82) is 0 Å². The van der Waals surface area contributed by atoms with Gasteiger partial charge in [-0.3, -0.25) is 9.69 Å². The molecule has 2 aromatic rings. The molecule has 0 saturated carbocycles. The van der Waals surface area contributed by atoms with Gasteiger partial charge in [-0.25, -0.2) is 9.37 Å². The van der Waals surface area contributed by atoms with Gasteiger partial charge in [0.25, 0.3) is 0 Å². The van der Waals surface area contributed by atoms with E-state index in [0.717, 1.165) is 63.6 Å². The van der Waals surface area contributed by atoms with Crippen LogP contribution in [0.3, 0.4) is 0 Å². The number of aromatic nitrogens is 1. The molecule has 0 aliphatic carbocycles. The van der Waals surface area contributed by atoms with Crippen LogP contribution >= 0.6 is 0 Å². The van der Waals surface area contributed by atoms with Crippen LogP contribution in [0.4, 0.5) is 15.9 Å². The van der Waals surface area contributed by atoms with Crippen molar-refractivity contribution in [3.63, 3.8) is 0 Å². The summed E-state index contributed by atoms with van der Waals surface area (Å²) in [6.45, 7) is 11.8. The van der Waals surface area contributed by atoms with E-state index in [1.165, 1.54) is 12.1 Å². The molecule has 2 aliphatic heterocycles. The largest absolute Gasteiger partial charge is 0.379 e. The molecule has 0 spiro atoms. The van der Waals surface area contributed by atoms with Crippen molar-refractivity contribution in [2.45, 2.75) is 46.2 Å². The highest BCUT2D eigenvalue weighted by Gasteiger charge is 2.29. The molecule has 0 unspecified atom stereocenters. The number of benzene rings is 1. The average molecular weight is 455 g/mol. The Balaban J connectivity index is 1.41. The number of halogens is 1. The number of pyridine rings is 1. The lowest BCUT2D eigenvalue weighted by atomic mass is 9.94. The Morgan fingerprint density at radius 2 is 1.73 bits per heavy atom. The lowest BCUT2D eigenvalue weighted by molar-refractivity contribution is -0.125. The monoisotopic (exact) mass is 454 g/mol. The molecule has 1 amide bonds. The molecule has 0 N–H and O–H groups in total. The van der Waals surface area contributed by atoms with Crippen molar-refractivity contribution >= 4 is 17.4 Å². The zero-order chi connectivity index (χ0) is 23.4. The first-order chi connectivity index (χ1) is 15.8. The van der Waals surface area contributed by atoms with Crippen LogP contribution in [0.15, 0.2) is 42.6 Å². The van der Waals surface area contributed by atoms with Crippen LogP contribution in [0, 0.1) is 11.2 Å². The van der Waals surface area contributed by atoms with Gasteiger partial charge in [-0.1, -0.05) is 26.8 Å². The molecular formula is C26H35FN4O2. The fraction of sp³-hybridized carbons (Fsp3) is 0.538. The summed E-state index contributed by atoms with van der Waals surface area (Å²) in [5, 5.41) is 0. The van der Waals surface area contributed by atoms with Gasteiger partial charge in [-0.2, -0.15) is 0 Å². The van der Waals surface area contributed by atoms with Gasteiger partial charge in [0.2, 0.25) is 5.91 Å². The SMILES string of the molecule is CC(C)(C)C(=O)N(Cc1ccc(N2CCC(N3CCOCC3)CC2)nc1)c1ccc(F)cc1. The summed E-state index contributed by atoms with van der Waals surface area (Å²) in [5.41, 5.74) is 1.08. The molecule has 0 bridgehead atoms. The third-order valence-corrected chi connectivity index (χ3v) is 6.53. The van der Waals surface area contributed by atoms with Crippen LogP contribution in [-0.4, -0.2) is 61.2 Å². The van der Waals surface area contributed by atoms with Crippen LogP contribution in [0.2, 0.25) is 0 Å². The Kier molecular flexibility index (Phi) is 7.29. The van der Waals surface area contributed by atoms with Gasteiger partial charge in [-0.15, -0.1) is 0 Å². The number of morpholine rings is 1. The Labute approximate surface area is 196 Å². The highest BCUT2D eigenvalue weighted by molar-refractivity contribution is 5.96. The number of piperidine rings is 1. The molecule has 6 nitrogen and oxygen atoms in total. The number of carbonyl (C=O) groups excluding carboxylic acids is 1. The van der Waals surface area contributed by atoms with Gasteiger partial charge in [0, 0.05) is 49.5 Å². The molecule has 178 valence electrons. The Bertz CT molecular complexity index is 913. The maximum absolute atomic E-state index is 13.4. The van der Waals surface area contributed by atoms with Crippen molar-refractivity contribution in [1.82, 2.24) is 9.88 Å². The number of hydrogen-bond donors (Lipinski definition) is 0. The molecule has 3 heterocycles. The predicted molar refractivity (Wildman–Crippen MR) is 129 cm³/mol. The third-order valence-electron chi connectivity index (χ3n) is 6.53. The molecule has 1 aromatic heterocycles. The summed E-state index contributed by atoms with van der Waals surface area (Å²) in [6, 6.07) is 10.8. The molecule has 2 fully saturated rings. The lowest BCUT2D eigenvalue weighted by Gasteiger charge is -2.40.